The molecule has 0 saturated heterocycles. The van der Waals surface area contributed by atoms with E-state index in [0.29, 0.717) is 19.1 Å². The van der Waals surface area contributed by atoms with E-state index in [2.05, 4.69) is 33.9 Å². The quantitative estimate of drug-likeness (QED) is 0.401. The topological polar surface area (TPSA) is 18.5 Å². The minimum atomic E-state index is -4.55. The average Bonchev–Trinajstić information content (AvgIpc) is 2.49. The Morgan fingerprint density at radius 1 is 1.15 bits per heavy atom. The molecule has 1 atom stereocenters. The summed E-state index contributed by atoms with van der Waals surface area (Å²) in [5, 5.41) is 0.0878. The predicted molar refractivity (Wildman–Crippen MR) is 99.0 cm³/mol. The summed E-state index contributed by atoms with van der Waals surface area (Å²) in [7, 11) is -0.315. The Balaban J connectivity index is 2.69. The van der Waals surface area contributed by atoms with Crippen LogP contribution in [0, 0.1) is 5.82 Å². The zero-order valence-electron chi connectivity index (χ0n) is 16.2. The van der Waals surface area contributed by atoms with E-state index in [9.17, 15) is 17.6 Å². The van der Waals surface area contributed by atoms with Gasteiger partial charge in [-0.2, -0.15) is 13.2 Å². The van der Waals surface area contributed by atoms with Gasteiger partial charge in [0.05, 0.1) is 18.3 Å². The number of ether oxygens (including phenoxy) is 1. The molecule has 0 aromatic heterocycles. The molecule has 148 valence electrons. The van der Waals surface area contributed by atoms with Gasteiger partial charge in [-0.25, -0.2) is 4.39 Å². The maximum Gasteiger partial charge on any atom is 0.416 e. The maximum absolute atomic E-state index is 13.8. The number of methoxy groups -OCH3 is 1. The lowest BCUT2D eigenvalue weighted by atomic mass is 10.1. The van der Waals surface area contributed by atoms with Gasteiger partial charge >= 0.3 is 6.18 Å². The van der Waals surface area contributed by atoms with E-state index in [-0.39, 0.29) is 16.7 Å². The van der Waals surface area contributed by atoms with Crippen LogP contribution in [0.5, 0.6) is 0 Å². The monoisotopic (exact) mass is 392 g/mol. The van der Waals surface area contributed by atoms with Crippen LogP contribution in [0.4, 0.5) is 17.6 Å². The Morgan fingerprint density at radius 3 is 2.23 bits per heavy atom. The van der Waals surface area contributed by atoms with E-state index >= 15 is 0 Å². The second kappa shape index (κ2) is 8.67. The Morgan fingerprint density at radius 2 is 1.77 bits per heavy atom. The van der Waals surface area contributed by atoms with Gasteiger partial charge in [-0.15, -0.1) is 0 Å². The van der Waals surface area contributed by atoms with Crippen molar-refractivity contribution in [3.63, 3.8) is 0 Å². The van der Waals surface area contributed by atoms with Crippen LogP contribution in [0.3, 0.4) is 0 Å². The van der Waals surface area contributed by atoms with Crippen molar-refractivity contribution in [2.45, 2.75) is 57.6 Å². The molecule has 0 fully saturated rings. The number of halogens is 4. The van der Waals surface area contributed by atoms with Gasteiger partial charge in [0.25, 0.3) is 0 Å². The summed E-state index contributed by atoms with van der Waals surface area (Å²) in [6, 6.07) is 2.51. The van der Waals surface area contributed by atoms with Gasteiger partial charge in [0.2, 0.25) is 0 Å². The van der Waals surface area contributed by atoms with E-state index in [1.165, 1.54) is 6.08 Å². The molecule has 0 unspecified atom stereocenters. The van der Waals surface area contributed by atoms with Gasteiger partial charge < -0.3 is 9.16 Å². The van der Waals surface area contributed by atoms with Crippen molar-refractivity contribution in [3.8, 4) is 0 Å². The highest BCUT2D eigenvalue weighted by Crippen LogP contribution is 2.36. The molecule has 0 bridgehead atoms. The molecular formula is C19H28F4O2Si. The molecule has 0 heterocycles. The number of hydrogen-bond donors (Lipinski definition) is 0. The van der Waals surface area contributed by atoms with Crippen LogP contribution in [0.25, 0.3) is 6.08 Å². The van der Waals surface area contributed by atoms with E-state index in [0.717, 1.165) is 12.1 Å². The second-order valence-corrected chi connectivity index (χ2v) is 12.6. The SMILES string of the molecule is CO[C@H](C/C=C/c1ccc(C(F)(F)F)cc1F)CO[Si](C)(C)C(C)(C)C. The molecule has 0 radical (unpaired) electrons. The van der Waals surface area contributed by atoms with E-state index in [1.807, 2.05) is 0 Å². The average molecular weight is 393 g/mol. The zero-order chi connectivity index (χ0) is 20.2. The Labute approximate surface area is 154 Å². The number of hydrogen-bond acceptors (Lipinski definition) is 2. The van der Waals surface area contributed by atoms with Crippen LogP contribution < -0.4 is 0 Å². The lowest BCUT2D eigenvalue weighted by molar-refractivity contribution is -0.137. The van der Waals surface area contributed by atoms with Gasteiger partial charge in [-0.05, 0) is 36.7 Å². The lowest BCUT2D eigenvalue weighted by Crippen LogP contribution is -2.42. The van der Waals surface area contributed by atoms with Crippen molar-refractivity contribution in [2.24, 2.45) is 0 Å². The van der Waals surface area contributed by atoms with Crippen LogP contribution in [0.1, 0.15) is 38.3 Å². The van der Waals surface area contributed by atoms with Crippen molar-refractivity contribution < 1.29 is 26.7 Å². The van der Waals surface area contributed by atoms with Gasteiger partial charge in [-0.3, -0.25) is 0 Å². The summed E-state index contributed by atoms with van der Waals surface area (Å²) in [6.45, 7) is 11.2. The van der Waals surface area contributed by atoms with Crippen LogP contribution >= 0.6 is 0 Å². The first-order valence-electron chi connectivity index (χ1n) is 8.48. The first-order valence-corrected chi connectivity index (χ1v) is 11.4. The zero-order valence-corrected chi connectivity index (χ0v) is 17.2. The fourth-order valence-electron chi connectivity index (χ4n) is 1.94. The number of alkyl halides is 3. The molecule has 0 saturated carbocycles. The predicted octanol–water partition coefficient (Wildman–Crippen LogP) is 6.28. The van der Waals surface area contributed by atoms with E-state index in [1.54, 1.807) is 13.2 Å². The van der Waals surface area contributed by atoms with Crippen molar-refractivity contribution >= 4 is 14.4 Å². The number of benzene rings is 1. The summed E-state index contributed by atoms with van der Waals surface area (Å²) < 4.78 is 63.0. The molecule has 2 nitrogen and oxygen atoms in total. The van der Waals surface area contributed by atoms with Crippen molar-refractivity contribution in [1.29, 1.82) is 0 Å². The van der Waals surface area contributed by atoms with Crippen LogP contribution in [0.2, 0.25) is 18.1 Å². The van der Waals surface area contributed by atoms with Gasteiger partial charge in [0.15, 0.2) is 8.32 Å². The summed E-state index contributed by atoms with van der Waals surface area (Å²) in [5.41, 5.74) is -0.886. The smallest absolute Gasteiger partial charge is 0.414 e. The highest BCUT2D eigenvalue weighted by atomic mass is 28.4. The molecule has 0 aliphatic carbocycles. The standard InChI is InChI=1S/C19H28F4O2Si/c1-18(2,3)26(5,6)25-13-16(24-4)9-7-8-14-10-11-15(12-17(14)20)19(21,22)23/h7-8,10-12,16H,9,13H2,1-6H3/b8-7+/t16-/m1/s1. The van der Waals surface area contributed by atoms with E-state index in [4.69, 9.17) is 9.16 Å². The fraction of sp³-hybridized carbons (Fsp3) is 0.579. The van der Waals surface area contributed by atoms with Crippen LogP contribution in [0.15, 0.2) is 24.3 Å². The Bertz CT molecular complexity index is 619. The third-order valence-corrected chi connectivity index (χ3v) is 9.29. The molecule has 1 aromatic carbocycles. The third kappa shape index (κ3) is 6.52. The molecule has 26 heavy (non-hydrogen) atoms. The molecule has 0 aliphatic rings. The molecule has 0 aliphatic heterocycles. The van der Waals surface area contributed by atoms with Gasteiger partial charge in [0, 0.05) is 12.7 Å². The van der Waals surface area contributed by atoms with Crippen molar-refractivity contribution in [1.82, 2.24) is 0 Å². The largest absolute Gasteiger partial charge is 0.416 e. The fourth-order valence-corrected chi connectivity index (χ4v) is 2.97. The maximum atomic E-state index is 13.8. The van der Waals surface area contributed by atoms with Gasteiger partial charge in [0.1, 0.15) is 5.82 Å². The van der Waals surface area contributed by atoms with Gasteiger partial charge in [-0.1, -0.05) is 39.0 Å². The first kappa shape index (κ1) is 22.9. The molecule has 0 N–H and O–H groups in total. The minimum Gasteiger partial charge on any atom is -0.414 e. The highest BCUT2D eigenvalue weighted by Gasteiger charge is 2.37. The highest BCUT2D eigenvalue weighted by molar-refractivity contribution is 6.74. The first-order chi connectivity index (χ1) is 11.8. The molecule has 7 heteroatoms. The Kier molecular flexibility index (Phi) is 7.62. The van der Waals surface area contributed by atoms with Crippen molar-refractivity contribution in [2.75, 3.05) is 13.7 Å². The summed E-state index contributed by atoms with van der Waals surface area (Å²) in [6.07, 6.45) is -1.11. The molecule has 0 amide bonds. The second-order valence-electron chi connectivity index (χ2n) is 7.80. The van der Waals surface area contributed by atoms with Crippen LogP contribution in [-0.4, -0.2) is 28.1 Å². The van der Waals surface area contributed by atoms with Crippen LogP contribution in [-0.2, 0) is 15.3 Å². The molecular weight excluding hydrogens is 364 g/mol. The summed E-state index contributed by atoms with van der Waals surface area (Å²) in [4.78, 5) is 0. The lowest BCUT2D eigenvalue weighted by Gasteiger charge is -2.37. The molecule has 1 aromatic rings. The Hall–Kier alpha value is -1.18. The molecule has 0 spiro atoms. The van der Waals surface area contributed by atoms with Crippen molar-refractivity contribution in [3.05, 3.63) is 41.2 Å². The normalized spacial score (nSPS) is 14.8. The third-order valence-electron chi connectivity index (χ3n) is 4.79. The summed E-state index contributed by atoms with van der Waals surface area (Å²) >= 11 is 0. The number of rotatable bonds is 7. The minimum absolute atomic E-state index is 0.0878. The summed E-state index contributed by atoms with van der Waals surface area (Å²) in [5.74, 6) is -0.900. The van der Waals surface area contributed by atoms with E-state index < -0.39 is 25.9 Å². The molecule has 1 rings (SSSR count).